The van der Waals surface area contributed by atoms with Gasteiger partial charge in [-0.05, 0) is 0 Å². The molecule has 10 heavy (non-hydrogen) atoms. The van der Waals surface area contributed by atoms with E-state index in [1.54, 1.807) is 6.92 Å². The molecule has 0 unspecified atom stereocenters. The second kappa shape index (κ2) is 3.87. The predicted octanol–water partition coefficient (Wildman–Crippen LogP) is -0.930. The number of rotatable bonds is 4. The number of hydrogen-bond donors (Lipinski definition) is 2. The van der Waals surface area contributed by atoms with E-state index in [2.05, 4.69) is 0 Å². The van der Waals surface area contributed by atoms with E-state index < -0.39 is 10.1 Å². The van der Waals surface area contributed by atoms with Gasteiger partial charge in [0.1, 0.15) is 0 Å². The molecule has 3 N–H and O–H groups in total. The fraction of sp³-hybridized carbons (Fsp3) is 1.00. The third-order valence-corrected chi connectivity index (χ3v) is 1.74. The molecule has 62 valence electrons. The first-order chi connectivity index (χ1) is 4.45. The lowest BCUT2D eigenvalue weighted by atomic mass is 10.6. The molecule has 0 spiro atoms. The summed E-state index contributed by atoms with van der Waals surface area (Å²) < 4.78 is 28.5. The third kappa shape index (κ3) is 5.96. The molecule has 0 aliphatic rings. The van der Waals surface area contributed by atoms with Crippen LogP contribution in [0.15, 0.2) is 0 Å². The summed E-state index contributed by atoms with van der Waals surface area (Å²) in [5.74, 6) is 4.93. The second-order valence-electron chi connectivity index (χ2n) is 1.91. The van der Waals surface area contributed by atoms with Gasteiger partial charge in [0.15, 0.2) is 0 Å². The molecule has 5 nitrogen and oxygen atoms in total. The van der Waals surface area contributed by atoms with Gasteiger partial charge in [0, 0.05) is 13.1 Å². The molecule has 0 aliphatic carbocycles. The molecule has 0 heterocycles. The first-order valence-electron chi connectivity index (χ1n) is 2.90. The van der Waals surface area contributed by atoms with Crippen molar-refractivity contribution in [2.45, 2.75) is 6.92 Å². The van der Waals surface area contributed by atoms with E-state index in [9.17, 15) is 8.42 Å². The Balaban J connectivity index is 3.56. The van der Waals surface area contributed by atoms with Crippen LogP contribution in [0, 0.1) is 0 Å². The number of hydrogen-bond acceptors (Lipinski definition) is 4. The van der Waals surface area contributed by atoms with Crippen molar-refractivity contribution in [1.82, 2.24) is 5.01 Å². The van der Waals surface area contributed by atoms with Crippen LogP contribution < -0.4 is 5.84 Å². The van der Waals surface area contributed by atoms with Crippen molar-refractivity contribution in [3.8, 4) is 0 Å². The van der Waals surface area contributed by atoms with Crippen LogP contribution in [0.3, 0.4) is 0 Å². The number of nitrogens with two attached hydrogens (primary N) is 1. The Hall–Kier alpha value is -0.170. The molecule has 0 saturated heterocycles. The average Bonchev–Trinajstić information content (AvgIpc) is 1.81. The number of nitrogens with zero attached hydrogens (tertiary/aromatic N) is 1. The molecule has 0 aromatic carbocycles. The molecule has 0 saturated carbocycles. The highest BCUT2D eigenvalue weighted by Crippen LogP contribution is 1.83. The standard InChI is InChI=1S/C4H12N2O3S/c1-2-6(5)3-4-10(7,8)9/h2-5H2,1H3,(H,7,8,9). The van der Waals surface area contributed by atoms with E-state index in [1.165, 1.54) is 5.01 Å². The molecule has 0 atom stereocenters. The van der Waals surface area contributed by atoms with E-state index in [1.807, 2.05) is 0 Å². The van der Waals surface area contributed by atoms with Gasteiger partial charge in [0.05, 0.1) is 5.75 Å². The van der Waals surface area contributed by atoms with Crippen molar-refractivity contribution in [3.63, 3.8) is 0 Å². The van der Waals surface area contributed by atoms with Crippen LogP contribution in [-0.2, 0) is 10.1 Å². The summed E-state index contributed by atoms with van der Waals surface area (Å²) >= 11 is 0. The highest BCUT2D eigenvalue weighted by atomic mass is 32.2. The third-order valence-electron chi connectivity index (χ3n) is 1.04. The molecule has 0 aromatic rings. The lowest BCUT2D eigenvalue weighted by molar-refractivity contribution is 0.314. The van der Waals surface area contributed by atoms with Crippen molar-refractivity contribution >= 4 is 10.1 Å². The lowest BCUT2D eigenvalue weighted by Gasteiger charge is -2.10. The minimum atomic E-state index is -3.85. The van der Waals surface area contributed by atoms with Gasteiger partial charge in [-0.3, -0.25) is 10.4 Å². The van der Waals surface area contributed by atoms with Gasteiger partial charge in [0.2, 0.25) is 0 Å². The molecular formula is C4H12N2O3S. The SMILES string of the molecule is CCN(N)CCS(=O)(=O)O. The minimum absolute atomic E-state index is 0.162. The molecule has 0 amide bonds. The smallest absolute Gasteiger partial charge is 0.266 e. The lowest BCUT2D eigenvalue weighted by Crippen LogP contribution is -2.34. The normalized spacial score (nSPS) is 12.4. The first-order valence-corrected chi connectivity index (χ1v) is 4.51. The van der Waals surface area contributed by atoms with Crippen molar-refractivity contribution in [3.05, 3.63) is 0 Å². The van der Waals surface area contributed by atoms with Gasteiger partial charge in [-0.1, -0.05) is 6.92 Å². The number of hydrazine groups is 1. The van der Waals surface area contributed by atoms with E-state index in [0.29, 0.717) is 6.54 Å². The Bertz CT molecular complexity index is 177. The molecule has 0 fully saturated rings. The highest BCUT2D eigenvalue weighted by molar-refractivity contribution is 7.85. The van der Waals surface area contributed by atoms with E-state index in [4.69, 9.17) is 10.4 Å². The molecule has 0 bridgehead atoms. The maximum absolute atomic E-state index is 10.1. The van der Waals surface area contributed by atoms with E-state index >= 15 is 0 Å². The fourth-order valence-corrected chi connectivity index (χ4v) is 0.856. The summed E-state index contributed by atoms with van der Waals surface area (Å²) in [6.07, 6.45) is 0. The maximum atomic E-state index is 10.1. The Kier molecular flexibility index (Phi) is 3.80. The van der Waals surface area contributed by atoms with Gasteiger partial charge in [-0.2, -0.15) is 8.42 Å². The van der Waals surface area contributed by atoms with Gasteiger partial charge >= 0.3 is 0 Å². The highest BCUT2D eigenvalue weighted by Gasteiger charge is 2.05. The van der Waals surface area contributed by atoms with Crippen molar-refractivity contribution in [2.75, 3.05) is 18.8 Å². The summed E-state index contributed by atoms with van der Waals surface area (Å²) in [6.45, 7) is 2.52. The Labute approximate surface area is 60.5 Å². The molecular weight excluding hydrogens is 156 g/mol. The van der Waals surface area contributed by atoms with E-state index in [-0.39, 0.29) is 12.3 Å². The second-order valence-corrected chi connectivity index (χ2v) is 3.49. The minimum Gasteiger partial charge on any atom is -0.286 e. The van der Waals surface area contributed by atoms with Gasteiger partial charge in [-0.25, -0.2) is 5.01 Å². The van der Waals surface area contributed by atoms with Crippen LogP contribution in [0.4, 0.5) is 0 Å². The largest absolute Gasteiger partial charge is 0.286 e. The predicted molar refractivity (Wildman–Crippen MR) is 37.9 cm³/mol. The van der Waals surface area contributed by atoms with Crippen LogP contribution in [-0.4, -0.2) is 36.8 Å². The van der Waals surface area contributed by atoms with Crippen LogP contribution in [0.5, 0.6) is 0 Å². The van der Waals surface area contributed by atoms with Crippen molar-refractivity contribution < 1.29 is 13.0 Å². The zero-order valence-electron chi connectivity index (χ0n) is 5.82. The summed E-state index contributed by atoms with van der Waals surface area (Å²) in [5.41, 5.74) is 0. The first kappa shape index (κ1) is 9.83. The Morgan fingerprint density at radius 3 is 2.40 bits per heavy atom. The average molecular weight is 168 g/mol. The Morgan fingerprint density at radius 2 is 2.10 bits per heavy atom. The van der Waals surface area contributed by atoms with Gasteiger partial charge in [-0.15, -0.1) is 0 Å². The fourth-order valence-electron chi connectivity index (χ4n) is 0.391. The van der Waals surface area contributed by atoms with Crippen LogP contribution >= 0.6 is 0 Å². The summed E-state index contributed by atoms with van der Waals surface area (Å²) in [7, 11) is -3.85. The quantitative estimate of drug-likeness (QED) is 0.322. The molecule has 0 radical (unpaired) electrons. The zero-order valence-corrected chi connectivity index (χ0v) is 6.63. The summed E-state index contributed by atoms with van der Waals surface area (Å²) in [6, 6.07) is 0. The van der Waals surface area contributed by atoms with Crippen molar-refractivity contribution in [2.24, 2.45) is 5.84 Å². The molecule has 6 heteroatoms. The molecule has 0 aliphatic heterocycles. The van der Waals surface area contributed by atoms with Crippen molar-refractivity contribution in [1.29, 1.82) is 0 Å². The van der Waals surface area contributed by atoms with Gasteiger partial charge < -0.3 is 0 Å². The van der Waals surface area contributed by atoms with Crippen LogP contribution in [0.25, 0.3) is 0 Å². The summed E-state index contributed by atoms with van der Waals surface area (Å²) in [5, 5.41) is 1.31. The monoisotopic (exact) mass is 168 g/mol. The Morgan fingerprint density at radius 1 is 1.60 bits per heavy atom. The maximum Gasteiger partial charge on any atom is 0.266 e. The molecule has 0 rings (SSSR count). The van der Waals surface area contributed by atoms with Crippen LogP contribution in [0.2, 0.25) is 0 Å². The topological polar surface area (TPSA) is 83.6 Å². The van der Waals surface area contributed by atoms with E-state index in [0.717, 1.165) is 0 Å². The molecule has 0 aromatic heterocycles. The van der Waals surface area contributed by atoms with Gasteiger partial charge in [0.25, 0.3) is 10.1 Å². The summed E-state index contributed by atoms with van der Waals surface area (Å²) in [4.78, 5) is 0. The van der Waals surface area contributed by atoms with Crippen LogP contribution in [0.1, 0.15) is 6.92 Å². The zero-order chi connectivity index (χ0) is 8.20.